The van der Waals surface area contributed by atoms with Crippen molar-refractivity contribution in [1.82, 2.24) is 9.97 Å². The van der Waals surface area contributed by atoms with Crippen LogP contribution in [-0.4, -0.2) is 21.5 Å². The molecule has 1 atom stereocenters. The molecule has 3 aromatic rings. The van der Waals surface area contributed by atoms with Crippen LogP contribution in [0.25, 0.3) is 10.2 Å². The molecule has 3 nitrogen and oxygen atoms in total. The van der Waals surface area contributed by atoms with E-state index in [-0.39, 0.29) is 17.1 Å². The average Bonchev–Trinajstić information content (AvgIpc) is 2.98. The molecule has 0 N–H and O–H groups in total. The van der Waals surface area contributed by atoms with Gasteiger partial charge in [0.15, 0.2) is 5.78 Å². The normalized spacial score (nSPS) is 16.8. The summed E-state index contributed by atoms with van der Waals surface area (Å²) < 4.78 is 13.8. The first-order valence-corrected chi connectivity index (χ1v) is 10.1. The fourth-order valence-corrected chi connectivity index (χ4v) is 5.58. The maximum absolute atomic E-state index is 13.8. The lowest BCUT2D eigenvalue weighted by atomic mass is 9.89. The van der Waals surface area contributed by atoms with Gasteiger partial charge in [0.25, 0.3) is 0 Å². The Hall–Kier alpha value is -1.79. The van der Waals surface area contributed by atoms with Gasteiger partial charge in [0.2, 0.25) is 0 Å². The standard InChI is InChI=1S/C19H17FN2OS2/c1-11-6-7-13-16(8-11)25-19-17(13)18(21-10-22-19)24-9-15(23)12-4-2-3-5-14(12)20/h2-5,10-11H,6-9H2,1H3/t11-/m0/s1. The van der Waals surface area contributed by atoms with Crippen LogP contribution in [0.1, 0.15) is 34.1 Å². The fraction of sp³-hybridized carbons (Fsp3) is 0.316. The molecule has 0 saturated heterocycles. The average molecular weight is 372 g/mol. The lowest BCUT2D eigenvalue weighted by Crippen LogP contribution is -2.09. The Labute approximate surface area is 153 Å². The topological polar surface area (TPSA) is 42.9 Å². The second kappa shape index (κ2) is 6.84. The molecule has 4 rings (SSSR count). The summed E-state index contributed by atoms with van der Waals surface area (Å²) in [5.74, 6) is 0.191. The van der Waals surface area contributed by atoms with Crippen LogP contribution < -0.4 is 0 Å². The largest absolute Gasteiger partial charge is 0.293 e. The number of Topliss-reactive ketones (excluding diaryl/α,β-unsaturated/α-hetero) is 1. The Morgan fingerprint density at radius 1 is 1.36 bits per heavy atom. The molecule has 6 heteroatoms. The minimum absolute atomic E-state index is 0.140. The van der Waals surface area contributed by atoms with Gasteiger partial charge in [0.1, 0.15) is 22.0 Å². The number of nitrogens with zero attached hydrogens (tertiary/aromatic N) is 2. The maximum atomic E-state index is 13.8. The second-order valence-electron chi connectivity index (χ2n) is 6.40. The quantitative estimate of drug-likeness (QED) is 0.370. The van der Waals surface area contributed by atoms with Gasteiger partial charge in [0, 0.05) is 10.3 Å². The number of thiophene rings is 1. The molecule has 0 fully saturated rings. The molecule has 25 heavy (non-hydrogen) atoms. The van der Waals surface area contributed by atoms with E-state index >= 15 is 0 Å². The summed E-state index contributed by atoms with van der Waals surface area (Å²) in [4.78, 5) is 23.6. The highest BCUT2D eigenvalue weighted by Gasteiger charge is 2.23. The van der Waals surface area contributed by atoms with Gasteiger partial charge in [-0.15, -0.1) is 11.3 Å². The monoisotopic (exact) mass is 372 g/mol. The van der Waals surface area contributed by atoms with Crippen molar-refractivity contribution in [3.8, 4) is 0 Å². The van der Waals surface area contributed by atoms with Gasteiger partial charge in [0.05, 0.1) is 11.3 Å². The number of thioether (sulfide) groups is 1. The summed E-state index contributed by atoms with van der Waals surface area (Å²) >= 11 is 3.12. The van der Waals surface area contributed by atoms with Crippen molar-refractivity contribution < 1.29 is 9.18 Å². The van der Waals surface area contributed by atoms with Crippen LogP contribution in [0.4, 0.5) is 4.39 Å². The predicted octanol–water partition coefficient (Wildman–Crippen LogP) is 4.93. The number of halogens is 1. The molecule has 0 radical (unpaired) electrons. The highest BCUT2D eigenvalue weighted by molar-refractivity contribution is 8.00. The van der Waals surface area contributed by atoms with E-state index in [0.29, 0.717) is 5.92 Å². The number of hydrogen-bond acceptors (Lipinski definition) is 5. The molecule has 1 aliphatic carbocycles. The van der Waals surface area contributed by atoms with Crippen molar-refractivity contribution in [2.24, 2.45) is 5.92 Å². The van der Waals surface area contributed by atoms with Crippen LogP contribution in [0.2, 0.25) is 0 Å². The number of aryl methyl sites for hydroxylation is 1. The van der Waals surface area contributed by atoms with Crippen molar-refractivity contribution in [2.75, 3.05) is 5.75 Å². The Balaban J connectivity index is 1.62. The predicted molar refractivity (Wildman–Crippen MR) is 100 cm³/mol. The molecule has 0 unspecified atom stereocenters. The molecular formula is C19H17FN2OS2. The second-order valence-corrected chi connectivity index (χ2v) is 8.45. The number of aromatic nitrogens is 2. The van der Waals surface area contributed by atoms with Gasteiger partial charge >= 0.3 is 0 Å². The molecule has 0 spiro atoms. The zero-order valence-electron chi connectivity index (χ0n) is 13.8. The molecular weight excluding hydrogens is 355 g/mol. The highest BCUT2D eigenvalue weighted by Crippen LogP contribution is 2.40. The maximum Gasteiger partial charge on any atom is 0.176 e. The molecule has 0 saturated carbocycles. The van der Waals surface area contributed by atoms with Crippen molar-refractivity contribution in [3.05, 3.63) is 52.4 Å². The molecule has 0 bridgehead atoms. The third-order valence-electron chi connectivity index (χ3n) is 4.57. The summed E-state index contributed by atoms with van der Waals surface area (Å²) in [6, 6.07) is 6.12. The van der Waals surface area contributed by atoms with Gasteiger partial charge in [-0.2, -0.15) is 0 Å². The lowest BCUT2D eigenvalue weighted by molar-refractivity contribution is 0.101. The highest BCUT2D eigenvalue weighted by atomic mass is 32.2. The first-order chi connectivity index (χ1) is 12.1. The number of carbonyl (C=O) groups excluding carboxylic acids is 1. The van der Waals surface area contributed by atoms with Crippen molar-refractivity contribution in [1.29, 1.82) is 0 Å². The zero-order chi connectivity index (χ0) is 17.4. The molecule has 2 aromatic heterocycles. The van der Waals surface area contributed by atoms with E-state index in [0.717, 1.165) is 28.1 Å². The van der Waals surface area contributed by atoms with E-state index < -0.39 is 5.82 Å². The number of carbonyl (C=O) groups is 1. The van der Waals surface area contributed by atoms with E-state index in [9.17, 15) is 9.18 Å². The van der Waals surface area contributed by atoms with Crippen LogP contribution in [0, 0.1) is 11.7 Å². The zero-order valence-corrected chi connectivity index (χ0v) is 15.4. The SMILES string of the molecule is C[C@H]1CCc2c(sc3ncnc(SCC(=O)c4ccccc4F)c23)C1. The van der Waals surface area contributed by atoms with Crippen LogP contribution in [0.3, 0.4) is 0 Å². The number of rotatable bonds is 4. The first kappa shape index (κ1) is 16.7. The Morgan fingerprint density at radius 2 is 2.20 bits per heavy atom. The molecule has 128 valence electrons. The Kier molecular flexibility index (Phi) is 4.56. The van der Waals surface area contributed by atoms with Crippen LogP contribution in [0.15, 0.2) is 35.6 Å². The third-order valence-corrected chi connectivity index (χ3v) is 6.72. The Morgan fingerprint density at radius 3 is 3.04 bits per heavy atom. The van der Waals surface area contributed by atoms with Crippen LogP contribution >= 0.6 is 23.1 Å². The van der Waals surface area contributed by atoms with E-state index in [2.05, 4.69) is 16.9 Å². The molecule has 0 aliphatic heterocycles. The van der Waals surface area contributed by atoms with Gasteiger partial charge in [-0.05, 0) is 42.9 Å². The van der Waals surface area contributed by atoms with Crippen molar-refractivity contribution in [2.45, 2.75) is 31.2 Å². The molecule has 1 aliphatic rings. The summed E-state index contributed by atoms with van der Waals surface area (Å²) in [6.07, 6.45) is 4.86. The van der Waals surface area contributed by atoms with E-state index in [4.69, 9.17) is 0 Å². The molecule has 0 amide bonds. The lowest BCUT2D eigenvalue weighted by Gasteiger charge is -2.18. The first-order valence-electron chi connectivity index (χ1n) is 8.29. The van der Waals surface area contributed by atoms with E-state index in [1.807, 2.05) is 0 Å². The smallest absolute Gasteiger partial charge is 0.176 e. The Bertz CT molecular complexity index is 954. The number of ketones is 1. The van der Waals surface area contributed by atoms with Crippen LogP contribution in [0.5, 0.6) is 0 Å². The molecule has 1 aromatic carbocycles. The van der Waals surface area contributed by atoms with Crippen molar-refractivity contribution >= 4 is 39.1 Å². The number of hydrogen-bond donors (Lipinski definition) is 0. The molecule has 2 heterocycles. The van der Waals surface area contributed by atoms with Gasteiger partial charge in [-0.25, -0.2) is 14.4 Å². The van der Waals surface area contributed by atoms with Gasteiger partial charge in [-0.1, -0.05) is 30.8 Å². The third kappa shape index (κ3) is 3.20. The van der Waals surface area contributed by atoms with Crippen molar-refractivity contribution in [3.63, 3.8) is 0 Å². The van der Waals surface area contributed by atoms with E-state index in [1.54, 1.807) is 29.8 Å². The van der Waals surface area contributed by atoms with Gasteiger partial charge < -0.3 is 0 Å². The minimum atomic E-state index is -0.470. The number of fused-ring (bicyclic) bond motifs is 3. The summed E-state index contributed by atoms with van der Waals surface area (Å²) in [5, 5.41) is 1.93. The summed E-state index contributed by atoms with van der Waals surface area (Å²) in [6.45, 7) is 2.28. The minimum Gasteiger partial charge on any atom is -0.293 e. The summed E-state index contributed by atoms with van der Waals surface area (Å²) in [5.41, 5.74) is 1.49. The fourth-order valence-electron chi connectivity index (χ4n) is 3.25. The summed E-state index contributed by atoms with van der Waals surface area (Å²) in [7, 11) is 0. The number of benzene rings is 1. The van der Waals surface area contributed by atoms with E-state index in [1.165, 1.54) is 40.8 Å². The van der Waals surface area contributed by atoms with Gasteiger partial charge in [-0.3, -0.25) is 4.79 Å². The van der Waals surface area contributed by atoms with Crippen LogP contribution in [-0.2, 0) is 12.8 Å².